The van der Waals surface area contributed by atoms with Gasteiger partial charge in [-0.05, 0) is 55.2 Å². The van der Waals surface area contributed by atoms with Crippen LogP contribution in [0.2, 0.25) is 0 Å². The molecule has 2 aromatic carbocycles. The average molecular weight is 221 g/mol. The van der Waals surface area contributed by atoms with Gasteiger partial charge in [0.2, 0.25) is 0 Å². The van der Waals surface area contributed by atoms with E-state index in [2.05, 4.69) is 43.3 Å². The number of benzene rings is 2. The van der Waals surface area contributed by atoms with Gasteiger partial charge in [-0.1, -0.05) is 24.3 Å². The first kappa shape index (κ1) is 11.3. The fourth-order valence-electron chi connectivity index (χ4n) is 1.52. The summed E-state index contributed by atoms with van der Waals surface area (Å²) in [6.07, 6.45) is 0. The molecular weight excluding hydrogens is 206 g/mol. The van der Waals surface area contributed by atoms with Crippen molar-refractivity contribution in [1.29, 1.82) is 0 Å². The van der Waals surface area contributed by atoms with Crippen molar-refractivity contribution < 1.29 is 0 Å². The average Bonchev–Trinajstić information content (AvgIpc) is 2.35. The summed E-state index contributed by atoms with van der Waals surface area (Å²) < 4.78 is 0. The highest BCUT2D eigenvalue weighted by atomic mass is 14.8. The van der Waals surface area contributed by atoms with E-state index in [9.17, 15) is 0 Å². The smallest absolute Gasteiger partial charge is 0.0462 e. The van der Waals surface area contributed by atoms with Gasteiger partial charge in [-0.2, -0.15) is 0 Å². The van der Waals surface area contributed by atoms with Crippen molar-refractivity contribution in [3.63, 3.8) is 0 Å². The van der Waals surface area contributed by atoms with Crippen LogP contribution in [0.5, 0.6) is 0 Å². The zero-order chi connectivity index (χ0) is 12.1. The van der Waals surface area contributed by atoms with Crippen molar-refractivity contribution in [3.8, 4) is 12.0 Å². The lowest BCUT2D eigenvalue weighted by molar-refractivity contribution is 1.34. The van der Waals surface area contributed by atoms with Gasteiger partial charge in [0.05, 0.1) is 0 Å². The van der Waals surface area contributed by atoms with Crippen molar-refractivity contribution in [2.75, 3.05) is 5.32 Å². The molecule has 0 fully saturated rings. The minimum Gasteiger partial charge on any atom is -0.315 e. The maximum absolute atomic E-state index is 3.10. The molecule has 0 unspecified atom stereocenters. The summed E-state index contributed by atoms with van der Waals surface area (Å²) in [5, 5.41) is 3.10. The fourth-order valence-corrected chi connectivity index (χ4v) is 1.52. The highest BCUT2D eigenvalue weighted by Crippen LogP contribution is 2.13. The second-order valence-electron chi connectivity index (χ2n) is 4.04. The number of nitrogens with one attached hydrogen (secondary N) is 1. The van der Waals surface area contributed by atoms with Crippen molar-refractivity contribution in [3.05, 3.63) is 65.2 Å². The molecule has 0 aliphatic rings. The van der Waals surface area contributed by atoms with Crippen LogP contribution >= 0.6 is 0 Å². The van der Waals surface area contributed by atoms with Gasteiger partial charge in [-0.3, -0.25) is 0 Å². The number of hydrogen-bond donors (Lipinski definition) is 1. The van der Waals surface area contributed by atoms with E-state index in [1.807, 2.05) is 36.4 Å². The molecule has 0 heterocycles. The molecule has 84 valence electrons. The number of aryl methyl sites for hydroxylation is 2. The summed E-state index contributed by atoms with van der Waals surface area (Å²) in [4.78, 5) is 0. The Labute approximate surface area is 102 Å². The van der Waals surface area contributed by atoms with E-state index in [0.29, 0.717) is 0 Å². The number of hydrogen-bond acceptors (Lipinski definition) is 1. The number of rotatable bonds is 1. The summed E-state index contributed by atoms with van der Waals surface area (Å²) in [6, 6.07) is 19.2. The Balaban J connectivity index is 2.08. The van der Waals surface area contributed by atoms with Crippen LogP contribution < -0.4 is 5.32 Å². The Hall–Kier alpha value is -2.20. The predicted octanol–water partition coefficient (Wildman–Crippen LogP) is 3.72. The lowest BCUT2D eigenvalue weighted by atomic mass is 10.1. The molecule has 0 bridgehead atoms. The van der Waals surface area contributed by atoms with Crippen LogP contribution in [-0.4, -0.2) is 0 Å². The van der Waals surface area contributed by atoms with Gasteiger partial charge in [0, 0.05) is 17.3 Å². The molecule has 1 heteroatoms. The van der Waals surface area contributed by atoms with Gasteiger partial charge < -0.3 is 5.32 Å². The monoisotopic (exact) mass is 221 g/mol. The normalized spacial score (nSPS) is 9.29. The minimum atomic E-state index is 1.02. The molecule has 0 amide bonds. The molecule has 2 rings (SSSR count). The van der Waals surface area contributed by atoms with Gasteiger partial charge in [0.1, 0.15) is 0 Å². The van der Waals surface area contributed by atoms with Gasteiger partial charge in [0.25, 0.3) is 0 Å². The van der Waals surface area contributed by atoms with Crippen LogP contribution in [0.1, 0.15) is 16.7 Å². The van der Waals surface area contributed by atoms with E-state index in [4.69, 9.17) is 0 Å². The van der Waals surface area contributed by atoms with Crippen molar-refractivity contribution in [1.82, 2.24) is 0 Å². The third-order valence-corrected chi connectivity index (χ3v) is 2.69. The summed E-state index contributed by atoms with van der Waals surface area (Å²) in [5.41, 5.74) is 4.63. The third-order valence-electron chi connectivity index (χ3n) is 2.69. The van der Waals surface area contributed by atoms with E-state index in [0.717, 1.165) is 11.3 Å². The second-order valence-corrected chi connectivity index (χ2v) is 4.04. The van der Waals surface area contributed by atoms with E-state index in [1.165, 1.54) is 11.1 Å². The highest BCUT2D eigenvalue weighted by molar-refractivity contribution is 5.52. The van der Waals surface area contributed by atoms with E-state index in [-0.39, 0.29) is 0 Å². The molecule has 0 radical (unpaired) electrons. The van der Waals surface area contributed by atoms with Crippen LogP contribution in [0, 0.1) is 25.8 Å². The molecule has 0 aromatic heterocycles. The highest BCUT2D eigenvalue weighted by Gasteiger charge is 1.93. The number of anilines is 1. The van der Waals surface area contributed by atoms with Crippen molar-refractivity contribution in [2.45, 2.75) is 13.8 Å². The molecule has 2 aromatic rings. The van der Waals surface area contributed by atoms with Crippen LogP contribution in [-0.2, 0) is 0 Å². The van der Waals surface area contributed by atoms with Crippen LogP contribution in [0.4, 0.5) is 5.69 Å². The summed E-state index contributed by atoms with van der Waals surface area (Å²) in [6.45, 7) is 4.21. The van der Waals surface area contributed by atoms with Crippen LogP contribution in [0.15, 0.2) is 48.5 Å². The summed E-state index contributed by atoms with van der Waals surface area (Å²) >= 11 is 0. The molecular formula is C16H15N. The Bertz CT molecular complexity index is 559. The maximum Gasteiger partial charge on any atom is 0.0462 e. The first-order valence-electron chi connectivity index (χ1n) is 5.65. The van der Waals surface area contributed by atoms with Crippen molar-refractivity contribution >= 4 is 5.69 Å². The molecule has 0 spiro atoms. The van der Waals surface area contributed by atoms with Gasteiger partial charge >= 0.3 is 0 Å². The minimum absolute atomic E-state index is 1.02. The van der Waals surface area contributed by atoms with Crippen LogP contribution in [0.3, 0.4) is 0 Å². The molecule has 0 atom stereocenters. The molecule has 0 saturated heterocycles. The maximum atomic E-state index is 3.10. The van der Waals surface area contributed by atoms with Crippen molar-refractivity contribution in [2.24, 2.45) is 0 Å². The zero-order valence-electron chi connectivity index (χ0n) is 10.1. The molecule has 0 aliphatic heterocycles. The SMILES string of the molecule is Cc1ccc(NC#Cc2ccccc2)cc1C. The van der Waals surface area contributed by atoms with Crippen LogP contribution in [0.25, 0.3) is 0 Å². The van der Waals surface area contributed by atoms with Gasteiger partial charge in [-0.15, -0.1) is 0 Å². The standard InChI is InChI=1S/C16H15N/c1-13-8-9-16(12-14(13)2)17-11-10-15-6-4-3-5-7-15/h3-9,12,17H,1-2H3. The Kier molecular flexibility index (Phi) is 3.47. The molecule has 1 nitrogen and oxygen atoms in total. The quantitative estimate of drug-likeness (QED) is 0.571. The first-order valence-corrected chi connectivity index (χ1v) is 5.65. The lowest BCUT2D eigenvalue weighted by Gasteiger charge is -2.02. The topological polar surface area (TPSA) is 12.0 Å². The molecule has 17 heavy (non-hydrogen) atoms. The second kappa shape index (κ2) is 5.23. The Morgan fingerprint density at radius 1 is 0.882 bits per heavy atom. The predicted molar refractivity (Wildman–Crippen MR) is 72.9 cm³/mol. The van der Waals surface area contributed by atoms with E-state index < -0.39 is 0 Å². The fraction of sp³-hybridized carbons (Fsp3) is 0.125. The Morgan fingerprint density at radius 3 is 2.35 bits per heavy atom. The van der Waals surface area contributed by atoms with E-state index >= 15 is 0 Å². The zero-order valence-corrected chi connectivity index (χ0v) is 10.1. The van der Waals surface area contributed by atoms with Gasteiger partial charge in [0.15, 0.2) is 0 Å². The van der Waals surface area contributed by atoms with E-state index in [1.54, 1.807) is 0 Å². The molecule has 0 saturated carbocycles. The largest absolute Gasteiger partial charge is 0.315 e. The lowest BCUT2D eigenvalue weighted by Crippen LogP contribution is -1.90. The summed E-state index contributed by atoms with van der Waals surface area (Å²) in [5.74, 6) is 3.07. The molecule has 1 N–H and O–H groups in total. The third kappa shape index (κ3) is 3.12. The first-order chi connectivity index (χ1) is 8.25. The Morgan fingerprint density at radius 2 is 1.65 bits per heavy atom. The summed E-state index contributed by atoms with van der Waals surface area (Å²) in [7, 11) is 0. The van der Waals surface area contributed by atoms with Gasteiger partial charge in [-0.25, -0.2) is 0 Å². The molecule has 0 aliphatic carbocycles.